The van der Waals surface area contributed by atoms with Gasteiger partial charge in [0.05, 0.1) is 6.54 Å². The number of furan rings is 1. The number of carboxylic acid groups (broad SMARTS) is 1. The summed E-state index contributed by atoms with van der Waals surface area (Å²) < 4.78 is 10.6. The summed E-state index contributed by atoms with van der Waals surface area (Å²) in [5, 5.41) is 8.96. The van der Waals surface area contributed by atoms with Crippen molar-refractivity contribution in [3.63, 3.8) is 0 Å². The van der Waals surface area contributed by atoms with Gasteiger partial charge in [0.25, 0.3) is 0 Å². The van der Waals surface area contributed by atoms with E-state index in [1.54, 1.807) is 18.9 Å². The summed E-state index contributed by atoms with van der Waals surface area (Å²) in [5.74, 6) is 0.134. The SMILES string of the molecule is Cc1oc(CN(C)C(=O)C[C@H]2CCOC2)cc1C(=O)O. The predicted octanol–water partition coefficient (Wildman–Crippen LogP) is 1.67. The molecule has 2 rings (SSSR count). The fourth-order valence-corrected chi connectivity index (χ4v) is 2.30. The number of aromatic carboxylic acids is 1. The van der Waals surface area contributed by atoms with Crippen LogP contribution in [0.3, 0.4) is 0 Å². The van der Waals surface area contributed by atoms with Crippen molar-refractivity contribution in [2.45, 2.75) is 26.3 Å². The normalized spacial score (nSPS) is 18.2. The molecule has 1 aromatic heterocycles. The number of amides is 1. The summed E-state index contributed by atoms with van der Waals surface area (Å²) in [4.78, 5) is 24.5. The van der Waals surface area contributed by atoms with E-state index in [0.717, 1.165) is 13.0 Å². The lowest BCUT2D eigenvalue weighted by atomic mass is 10.0. The van der Waals surface area contributed by atoms with Gasteiger partial charge in [-0.2, -0.15) is 0 Å². The molecule has 0 saturated carbocycles. The van der Waals surface area contributed by atoms with Gasteiger partial charge < -0.3 is 19.2 Å². The van der Waals surface area contributed by atoms with Gasteiger partial charge in [0.15, 0.2) is 0 Å². The molecular weight excluding hydrogens is 262 g/mol. The molecule has 2 heterocycles. The minimum atomic E-state index is -1.02. The van der Waals surface area contributed by atoms with Gasteiger partial charge >= 0.3 is 5.97 Å². The van der Waals surface area contributed by atoms with Crippen LogP contribution in [0.4, 0.5) is 0 Å². The summed E-state index contributed by atoms with van der Waals surface area (Å²) >= 11 is 0. The lowest BCUT2D eigenvalue weighted by Gasteiger charge is -2.17. The largest absolute Gasteiger partial charge is 0.478 e. The summed E-state index contributed by atoms with van der Waals surface area (Å²) in [6, 6.07) is 1.47. The maximum Gasteiger partial charge on any atom is 0.339 e. The average Bonchev–Trinajstić information content (AvgIpc) is 2.98. The van der Waals surface area contributed by atoms with E-state index in [9.17, 15) is 9.59 Å². The monoisotopic (exact) mass is 281 g/mol. The maximum absolute atomic E-state index is 12.0. The molecule has 1 fully saturated rings. The van der Waals surface area contributed by atoms with Crippen molar-refractivity contribution in [1.29, 1.82) is 0 Å². The topological polar surface area (TPSA) is 80.0 Å². The smallest absolute Gasteiger partial charge is 0.339 e. The molecule has 20 heavy (non-hydrogen) atoms. The second-order valence-corrected chi connectivity index (χ2v) is 5.17. The summed E-state index contributed by atoms with van der Waals surface area (Å²) in [5.41, 5.74) is 0.144. The number of carboxylic acids is 1. The van der Waals surface area contributed by atoms with E-state index in [0.29, 0.717) is 24.5 Å². The molecule has 0 aliphatic carbocycles. The molecule has 0 spiro atoms. The fourth-order valence-electron chi connectivity index (χ4n) is 2.30. The molecule has 0 radical (unpaired) electrons. The zero-order chi connectivity index (χ0) is 14.7. The van der Waals surface area contributed by atoms with Gasteiger partial charge in [0, 0.05) is 26.7 Å². The quantitative estimate of drug-likeness (QED) is 0.888. The molecule has 1 saturated heterocycles. The zero-order valence-electron chi connectivity index (χ0n) is 11.7. The first-order valence-corrected chi connectivity index (χ1v) is 6.61. The van der Waals surface area contributed by atoms with E-state index in [1.165, 1.54) is 6.07 Å². The fraction of sp³-hybridized carbons (Fsp3) is 0.571. The van der Waals surface area contributed by atoms with Crippen molar-refractivity contribution in [2.75, 3.05) is 20.3 Å². The summed E-state index contributed by atoms with van der Waals surface area (Å²) in [6.07, 6.45) is 1.38. The molecule has 1 N–H and O–H groups in total. The van der Waals surface area contributed by atoms with Crippen LogP contribution in [-0.4, -0.2) is 42.1 Å². The van der Waals surface area contributed by atoms with Crippen LogP contribution in [0, 0.1) is 12.8 Å². The second-order valence-electron chi connectivity index (χ2n) is 5.17. The lowest BCUT2D eigenvalue weighted by molar-refractivity contribution is -0.131. The molecule has 1 aromatic rings. The van der Waals surface area contributed by atoms with E-state index in [4.69, 9.17) is 14.3 Å². The van der Waals surface area contributed by atoms with Crippen LogP contribution in [0.2, 0.25) is 0 Å². The van der Waals surface area contributed by atoms with Crippen molar-refractivity contribution in [3.05, 3.63) is 23.2 Å². The number of rotatable bonds is 5. The highest BCUT2D eigenvalue weighted by Gasteiger charge is 2.22. The highest BCUT2D eigenvalue weighted by molar-refractivity contribution is 5.88. The van der Waals surface area contributed by atoms with Crippen LogP contribution in [0.15, 0.2) is 10.5 Å². The molecule has 110 valence electrons. The van der Waals surface area contributed by atoms with E-state index < -0.39 is 5.97 Å². The van der Waals surface area contributed by atoms with Crippen LogP contribution >= 0.6 is 0 Å². The van der Waals surface area contributed by atoms with Crippen LogP contribution in [0.5, 0.6) is 0 Å². The maximum atomic E-state index is 12.0. The van der Waals surface area contributed by atoms with Crippen molar-refractivity contribution in [2.24, 2.45) is 5.92 Å². The molecule has 6 heteroatoms. The van der Waals surface area contributed by atoms with Crippen molar-refractivity contribution in [1.82, 2.24) is 4.90 Å². The Morgan fingerprint density at radius 1 is 1.50 bits per heavy atom. The molecule has 6 nitrogen and oxygen atoms in total. The first-order chi connectivity index (χ1) is 9.47. The number of hydrogen-bond acceptors (Lipinski definition) is 4. The Kier molecular flexibility index (Phi) is 4.44. The highest BCUT2D eigenvalue weighted by atomic mass is 16.5. The van der Waals surface area contributed by atoms with Crippen LogP contribution in [-0.2, 0) is 16.1 Å². The van der Waals surface area contributed by atoms with E-state index >= 15 is 0 Å². The Labute approximate surface area is 117 Å². The molecule has 1 amide bonds. The number of aryl methyl sites for hydroxylation is 1. The standard InChI is InChI=1S/C14H19NO5/c1-9-12(14(17)18)6-11(20-9)7-15(2)13(16)5-10-3-4-19-8-10/h6,10H,3-5,7-8H2,1-2H3,(H,17,18)/t10-/m1/s1. The molecule has 0 aromatic carbocycles. The Morgan fingerprint density at radius 2 is 2.25 bits per heavy atom. The number of ether oxygens (including phenoxy) is 1. The van der Waals surface area contributed by atoms with Gasteiger partial charge in [-0.25, -0.2) is 4.79 Å². The molecule has 0 unspecified atom stereocenters. The molecule has 1 atom stereocenters. The van der Waals surface area contributed by atoms with Gasteiger partial charge in [-0.1, -0.05) is 0 Å². The number of nitrogens with zero attached hydrogens (tertiary/aromatic N) is 1. The minimum Gasteiger partial charge on any atom is -0.478 e. The summed E-state index contributed by atoms with van der Waals surface area (Å²) in [7, 11) is 1.69. The summed E-state index contributed by atoms with van der Waals surface area (Å²) in [6.45, 7) is 3.24. The van der Waals surface area contributed by atoms with Gasteiger partial charge in [-0.3, -0.25) is 4.79 Å². The Hall–Kier alpha value is -1.82. The Morgan fingerprint density at radius 3 is 2.80 bits per heavy atom. The highest BCUT2D eigenvalue weighted by Crippen LogP contribution is 2.19. The van der Waals surface area contributed by atoms with E-state index in [2.05, 4.69) is 0 Å². The van der Waals surface area contributed by atoms with Gasteiger partial charge in [0.2, 0.25) is 5.91 Å². The molecule has 1 aliphatic rings. The van der Waals surface area contributed by atoms with Gasteiger partial charge in [0.1, 0.15) is 17.1 Å². The molecule has 1 aliphatic heterocycles. The zero-order valence-corrected chi connectivity index (χ0v) is 11.7. The Bertz CT molecular complexity index is 502. The third-order valence-electron chi connectivity index (χ3n) is 3.51. The van der Waals surface area contributed by atoms with Gasteiger partial charge in [-0.15, -0.1) is 0 Å². The minimum absolute atomic E-state index is 0.0198. The first-order valence-electron chi connectivity index (χ1n) is 6.61. The van der Waals surface area contributed by atoms with E-state index in [1.807, 2.05) is 0 Å². The van der Waals surface area contributed by atoms with Crippen LogP contribution in [0.25, 0.3) is 0 Å². The second kappa shape index (κ2) is 6.09. The van der Waals surface area contributed by atoms with Crippen molar-refractivity contribution < 1.29 is 23.8 Å². The molecular formula is C14H19NO5. The average molecular weight is 281 g/mol. The number of hydrogen-bond donors (Lipinski definition) is 1. The van der Waals surface area contributed by atoms with E-state index in [-0.39, 0.29) is 23.9 Å². The van der Waals surface area contributed by atoms with Crippen LogP contribution in [0.1, 0.15) is 34.7 Å². The number of carbonyl (C=O) groups is 2. The van der Waals surface area contributed by atoms with Crippen LogP contribution < -0.4 is 0 Å². The van der Waals surface area contributed by atoms with Crippen molar-refractivity contribution >= 4 is 11.9 Å². The predicted molar refractivity (Wildman–Crippen MR) is 70.4 cm³/mol. The third-order valence-corrected chi connectivity index (χ3v) is 3.51. The first kappa shape index (κ1) is 14.6. The van der Waals surface area contributed by atoms with Gasteiger partial charge in [-0.05, 0) is 25.3 Å². The Balaban J connectivity index is 1.93. The third kappa shape index (κ3) is 3.39. The molecule has 0 bridgehead atoms. The lowest BCUT2D eigenvalue weighted by Crippen LogP contribution is -2.28. The number of carbonyl (C=O) groups excluding carboxylic acids is 1. The van der Waals surface area contributed by atoms with Crippen molar-refractivity contribution in [3.8, 4) is 0 Å².